The lowest BCUT2D eigenvalue weighted by atomic mass is 10.2. The number of carbonyl (C=O) groups is 1. The van der Waals surface area contributed by atoms with E-state index in [0.29, 0.717) is 6.29 Å². The molecule has 0 fully saturated rings. The van der Waals surface area contributed by atoms with E-state index >= 15 is 0 Å². The third-order valence-electron chi connectivity index (χ3n) is 1.78. The molecule has 0 saturated carbocycles. The van der Waals surface area contributed by atoms with Crippen LogP contribution >= 0.6 is 11.3 Å². The number of halogens is 2. The number of benzene rings is 1. The molecule has 0 aliphatic carbocycles. The average Bonchev–Trinajstić information content (AvgIpc) is 2.56. The third-order valence-corrected chi connectivity index (χ3v) is 2.78. The van der Waals surface area contributed by atoms with Crippen LogP contribution in [0.25, 0.3) is 10.1 Å². The van der Waals surface area contributed by atoms with Crippen molar-refractivity contribution in [2.75, 3.05) is 0 Å². The molecule has 0 bridgehead atoms. The molecule has 2 aromatic rings. The molecule has 2 rings (SSSR count). The van der Waals surface area contributed by atoms with E-state index in [1.165, 1.54) is 5.38 Å². The first-order valence-corrected chi connectivity index (χ1v) is 4.42. The summed E-state index contributed by atoms with van der Waals surface area (Å²) >= 11 is 1.03. The van der Waals surface area contributed by atoms with Crippen LogP contribution < -0.4 is 0 Å². The first kappa shape index (κ1) is 8.31. The van der Waals surface area contributed by atoms with Gasteiger partial charge in [0.2, 0.25) is 0 Å². The van der Waals surface area contributed by atoms with Gasteiger partial charge in [-0.25, -0.2) is 8.78 Å². The molecule has 1 heterocycles. The van der Waals surface area contributed by atoms with Crippen molar-refractivity contribution in [2.45, 2.75) is 0 Å². The zero-order chi connectivity index (χ0) is 9.42. The molecule has 1 nitrogen and oxygen atoms in total. The number of aldehydes is 1. The maximum atomic E-state index is 13.1. The van der Waals surface area contributed by atoms with Gasteiger partial charge in [0.05, 0.1) is 4.70 Å². The fourth-order valence-electron chi connectivity index (χ4n) is 1.19. The second-order valence-corrected chi connectivity index (χ2v) is 3.42. The SMILES string of the molecule is O=Cc1csc2c(F)ccc(F)c12. The van der Waals surface area contributed by atoms with Gasteiger partial charge in [0, 0.05) is 16.3 Å². The maximum Gasteiger partial charge on any atom is 0.151 e. The molecule has 0 atom stereocenters. The summed E-state index contributed by atoms with van der Waals surface area (Å²) in [6.07, 6.45) is 0.529. The standard InChI is InChI=1S/C9H4F2OS/c10-6-1-2-7(11)9-8(6)5(3-12)4-13-9/h1-4H. The second-order valence-electron chi connectivity index (χ2n) is 2.54. The highest BCUT2D eigenvalue weighted by Gasteiger charge is 2.11. The van der Waals surface area contributed by atoms with Crippen molar-refractivity contribution in [1.82, 2.24) is 0 Å². The molecule has 0 spiro atoms. The lowest BCUT2D eigenvalue weighted by Crippen LogP contribution is -1.83. The Morgan fingerprint density at radius 1 is 1.23 bits per heavy atom. The van der Waals surface area contributed by atoms with E-state index in [9.17, 15) is 13.6 Å². The van der Waals surface area contributed by atoms with Crippen molar-refractivity contribution in [3.05, 3.63) is 34.7 Å². The smallest absolute Gasteiger partial charge is 0.151 e. The van der Waals surface area contributed by atoms with Gasteiger partial charge in [-0.05, 0) is 12.1 Å². The number of carbonyl (C=O) groups excluding carboxylic acids is 1. The van der Waals surface area contributed by atoms with E-state index < -0.39 is 11.6 Å². The molecule has 0 radical (unpaired) electrons. The van der Waals surface area contributed by atoms with Gasteiger partial charge in [-0.3, -0.25) is 4.79 Å². The second kappa shape index (κ2) is 2.88. The van der Waals surface area contributed by atoms with Crippen LogP contribution in [0.5, 0.6) is 0 Å². The Kier molecular flexibility index (Phi) is 1.84. The van der Waals surface area contributed by atoms with Gasteiger partial charge in [0.25, 0.3) is 0 Å². The Labute approximate surface area is 76.6 Å². The topological polar surface area (TPSA) is 17.1 Å². The fraction of sp³-hybridized carbons (Fsp3) is 0. The third kappa shape index (κ3) is 1.14. The largest absolute Gasteiger partial charge is 0.298 e. The van der Waals surface area contributed by atoms with Gasteiger partial charge >= 0.3 is 0 Å². The molecule has 4 heteroatoms. The van der Waals surface area contributed by atoms with Crippen LogP contribution in [0.1, 0.15) is 10.4 Å². The van der Waals surface area contributed by atoms with Crippen molar-refractivity contribution in [2.24, 2.45) is 0 Å². The van der Waals surface area contributed by atoms with E-state index in [4.69, 9.17) is 0 Å². The number of hydrogen-bond donors (Lipinski definition) is 0. The predicted molar refractivity (Wildman–Crippen MR) is 47.1 cm³/mol. The molecule has 13 heavy (non-hydrogen) atoms. The molecule has 0 saturated heterocycles. The summed E-state index contributed by atoms with van der Waals surface area (Å²) < 4.78 is 26.4. The number of hydrogen-bond acceptors (Lipinski definition) is 2. The first-order chi connectivity index (χ1) is 6.24. The Hall–Kier alpha value is -1.29. The quantitative estimate of drug-likeness (QED) is 0.644. The minimum absolute atomic E-state index is 0.0833. The van der Waals surface area contributed by atoms with E-state index in [0.717, 1.165) is 23.5 Å². The molecule has 0 aliphatic rings. The van der Waals surface area contributed by atoms with Gasteiger partial charge in [0.15, 0.2) is 6.29 Å². The minimum Gasteiger partial charge on any atom is -0.298 e. The van der Waals surface area contributed by atoms with Crippen molar-refractivity contribution in [3.8, 4) is 0 Å². The molecule has 0 N–H and O–H groups in total. The van der Waals surface area contributed by atoms with Gasteiger partial charge in [-0.1, -0.05) is 0 Å². The molecule has 0 unspecified atom stereocenters. The van der Waals surface area contributed by atoms with E-state index in [-0.39, 0.29) is 15.6 Å². The van der Waals surface area contributed by atoms with Gasteiger partial charge < -0.3 is 0 Å². The van der Waals surface area contributed by atoms with Crippen molar-refractivity contribution < 1.29 is 13.6 Å². The number of thiophene rings is 1. The lowest BCUT2D eigenvalue weighted by Gasteiger charge is -1.94. The van der Waals surface area contributed by atoms with Crippen LogP contribution in [0.2, 0.25) is 0 Å². The number of fused-ring (bicyclic) bond motifs is 1. The van der Waals surface area contributed by atoms with Crippen molar-refractivity contribution in [1.29, 1.82) is 0 Å². The monoisotopic (exact) mass is 198 g/mol. The minimum atomic E-state index is -0.556. The summed E-state index contributed by atoms with van der Waals surface area (Å²) in [7, 11) is 0. The van der Waals surface area contributed by atoms with E-state index in [2.05, 4.69) is 0 Å². The summed E-state index contributed by atoms with van der Waals surface area (Å²) in [5.41, 5.74) is 0.206. The molecule has 0 aliphatic heterocycles. The van der Waals surface area contributed by atoms with Crippen LogP contribution in [0.15, 0.2) is 17.5 Å². The van der Waals surface area contributed by atoms with Gasteiger partial charge in [-0.15, -0.1) is 11.3 Å². The van der Waals surface area contributed by atoms with Crippen molar-refractivity contribution in [3.63, 3.8) is 0 Å². The van der Waals surface area contributed by atoms with Crippen molar-refractivity contribution >= 4 is 27.7 Å². The zero-order valence-corrected chi connectivity index (χ0v) is 7.20. The molecular weight excluding hydrogens is 194 g/mol. The van der Waals surface area contributed by atoms with Crippen LogP contribution in [-0.2, 0) is 0 Å². The highest BCUT2D eigenvalue weighted by Crippen LogP contribution is 2.29. The lowest BCUT2D eigenvalue weighted by molar-refractivity contribution is 0.112. The first-order valence-electron chi connectivity index (χ1n) is 3.54. The fourth-order valence-corrected chi connectivity index (χ4v) is 2.12. The van der Waals surface area contributed by atoms with Crippen LogP contribution in [-0.4, -0.2) is 6.29 Å². The summed E-state index contributed by atoms with van der Waals surface area (Å²) in [5, 5.41) is 1.53. The molecular formula is C9H4F2OS. The Bertz CT molecular complexity index is 476. The Morgan fingerprint density at radius 3 is 2.62 bits per heavy atom. The molecule has 0 amide bonds. The Balaban J connectivity index is 2.95. The Morgan fingerprint density at radius 2 is 1.92 bits per heavy atom. The van der Waals surface area contributed by atoms with E-state index in [1.807, 2.05) is 0 Å². The predicted octanol–water partition coefficient (Wildman–Crippen LogP) is 2.99. The summed E-state index contributed by atoms with van der Waals surface area (Å²) in [5.74, 6) is -1.05. The van der Waals surface area contributed by atoms with Crippen LogP contribution in [0.3, 0.4) is 0 Å². The van der Waals surface area contributed by atoms with Gasteiger partial charge in [0.1, 0.15) is 11.6 Å². The van der Waals surface area contributed by atoms with Crippen LogP contribution in [0.4, 0.5) is 8.78 Å². The molecule has 1 aromatic heterocycles. The summed E-state index contributed by atoms with van der Waals surface area (Å²) in [6, 6.07) is 2.08. The maximum absolute atomic E-state index is 13.1. The summed E-state index contributed by atoms with van der Waals surface area (Å²) in [4.78, 5) is 10.5. The average molecular weight is 198 g/mol. The number of rotatable bonds is 1. The van der Waals surface area contributed by atoms with Crippen LogP contribution in [0, 0.1) is 11.6 Å². The normalized spacial score (nSPS) is 10.6. The van der Waals surface area contributed by atoms with Gasteiger partial charge in [-0.2, -0.15) is 0 Å². The zero-order valence-electron chi connectivity index (χ0n) is 6.38. The summed E-state index contributed by atoms with van der Waals surface area (Å²) in [6.45, 7) is 0. The molecule has 1 aromatic carbocycles. The highest BCUT2D eigenvalue weighted by molar-refractivity contribution is 7.17. The highest BCUT2D eigenvalue weighted by atomic mass is 32.1. The van der Waals surface area contributed by atoms with E-state index in [1.54, 1.807) is 0 Å². The molecule has 66 valence electrons.